The summed E-state index contributed by atoms with van der Waals surface area (Å²) in [4.78, 5) is 27.9. The average Bonchev–Trinajstić information content (AvgIpc) is 3.30. The maximum Gasteiger partial charge on any atom is 0.314 e. The van der Waals surface area contributed by atoms with Gasteiger partial charge in [-0.25, -0.2) is 0 Å². The number of nitrogens with zero attached hydrogens (tertiary/aromatic N) is 4. The molecule has 1 fully saturated rings. The van der Waals surface area contributed by atoms with E-state index < -0.39 is 18.2 Å². The summed E-state index contributed by atoms with van der Waals surface area (Å²) in [6.07, 6.45) is 1.71. The molecular weight excluding hydrogens is 406 g/mol. The van der Waals surface area contributed by atoms with Crippen molar-refractivity contribution in [2.75, 3.05) is 13.1 Å². The summed E-state index contributed by atoms with van der Waals surface area (Å²) < 4.78 is 31.7. The molecule has 1 atom stereocenters. The van der Waals surface area contributed by atoms with Crippen molar-refractivity contribution in [3.8, 4) is 11.5 Å². The van der Waals surface area contributed by atoms with E-state index in [4.69, 9.17) is 4.42 Å². The zero-order valence-corrected chi connectivity index (χ0v) is 16.8. The SMILES string of the molecule is O=C(C(Cn1ccc(-c2nnc(C(F)F)o2)cc1=O)c1ccccc1)N1CCCCC1. The van der Waals surface area contributed by atoms with E-state index in [1.807, 2.05) is 35.2 Å². The van der Waals surface area contributed by atoms with Crippen LogP contribution in [0.15, 0.2) is 57.9 Å². The molecule has 4 rings (SSSR count). The number of carbonyl (C=O) groups excluding carboxylic acids is 1. The summed E-state index contributed by atoms with van der Waals surface area (Å²) in [5, 5.41) is 6.85. The largest absolute Gasteiger partial charge is 0.415 e. The van der Waals surface area contributed by atoms with E-state index in [2.05, 4.69) is 10.2 Å². The van der Waals surface area contributed by atoms with Gasteiger partial charge >= 0.3 is 6.43 Å². The van der Waals surface area contributed by atoms with Crippen LogP contribution in [0.1, 0.15) is 43.1 Å². The lowest BCUT2D eigenvalue weighted by atomic mass is 9.96. The number of likely N-dealkylation sites (tertiary alicyclic amines) is 1. The quantitative estimate of drug-likeness (QED) is 0.599. The molecule has 0 N–H and O–H groups in total. The monoisotopic (exact) mass is 428 g/mol. The van der Waals surface area contributed by atoms with E-state index in [1.165, 1.54) is 22.9 Å². The highest BCUT2D eigenvalue weighted by Gasteiger charge is 2.27. The maximum absolute atomic E-state index is 13.3. The Balaban J connectivity index is 1.60. The third-order valence-electron chi connectivity index (χ3n) is 5.42. The Kier molecular flexibility index (Phi) is 6.20. The normalized spacial score (nSPS) is 15.3. The molecule has 0 aliphatic carbocycles. The molecule has 0 saturated carbocycles. The number of aromatic nitrogens is 3. The molecule has 3 aromatic rings. The molecule has 7 nitrogen and oxygen atoms in total. The van der Waals surface area contributed by atoms with Crippen LogP contribution >= 0.6 is 0 Å². The van der Waals surface area contributed by atoms with Crippen LogP contribution in [0, 0.1) is 0 Å². The highest BCUT2D eigenvalue weighted by Crippen LogP contribution is 2.24. The Bertz CT molecular complexity index is 1090. The number of amides is 1. The van der Waals surface area contributed by atoms with Crippen LogP contribution in [-0.4, -0.2) is 38.7 Å². The minimum Gasteiger partial charge on any atom is -0.415 e. The summed E-state index contributed by atoms with van der Waals surface area (Å²) in [6.45, 7) is 1.61. The smallest absolute Gasteiger partial charge is 0.314 e. The van der Waals surface area contributed by atoms with E-state index in [9.17, 15) is 18.4 Å². The van der Waals surface area contributed by atoms with Crippen LogP contribution in [0.2, 0.25) is 0 Å². The predicted octanol–water partition coefficient (Wildman–Crippen LogP) is 3.63. The van der Waals surface area contributed by atoms with Crippen molar-refractivity contribution in [2.45, 2.75) is 38.2 Å². The van der Waals surface area contributed by atoms with Gasteiger partial charge in [-0.05, 0) is 30.9 Å². The van der Waals surface area contributed by atoms with Gasteiger partial charge in [-0.2, -0.15) is 8.78 Å². The molecule has 1 aromatic carbocycles. The third-order valence-corrected chi connectivity index (χ3v) is 5.42. The molecule has 31 heavy (non-hydrogen) atoms. The van der Waals surface area contributed by atoms with Crippen LogP contribution in [0.5, 0.6) is 0 Å². The first-order chi connectivity index (χ1) is 15.0. The van der Waals surface area contributed by atoms with Gasteiger partial charge < -0.3 is 13.9 Å². The third kappa shape index (κ3) is 4.70. The fraction of sp³-hybridized carbons (Fsp3) is 0.364. The second kappa shape index (κ2) is 9.20. The topological polar surface area (TPSA) is 81.2 Å². The number of rotatable bonds is 6. The summed E-state index contributed by atoms with van der Waals surface area (Å²) >= 11 is 0. The van der Waals surface area contributed by atoms with Gasteiger partial charge in [0.05, 0.1) is 5.92 Å². The molecule has 9 heteroatoms. The van der Waals surface area contributed by atoms with E-state index in [-0.39, 0.29) is 29.5 Å². The Morgan fingerprint density at radius 1 is 1.06 bits per heavy atom. The second-order valence-corrected chi connectivity index (χ2v) is 7.50. The van der Waals surface area contributed by atoms with Gasteiger partial charge in [0.2, 0.25) is 11.8 Å². The standard InChI is InChI=1S/C22H22F2N4O3/c23-19(24)21-26-25-20(31-21)16-9-12-28(18(29)13-16)14-17(15-7-3-1-4-8-15)22(30)27-10-5-2-6-11-27/h1,3-4,7-9,12-13,17,19H,2,5-6,10-11,14H2. The van der Waals surface area contributed by atoms with E-state index in [0.29, 0.717) is 0 Å². The average molecular weight is 428 g/mol. The lowest BCUT2D eigenvalue weighted by molar-refractivity contribution is -0.134. The predicted molar refractivity (Wildman–Crippen MR) is 109 cm³/mol. The first kappa shape index (κ1) is 20.9. The number of alkyl halides is 2. The van der Waals surface area contributed by atoms with E-state index in [1.54, 1.807) is 0 Å². The first-order valence-corrected chi connectivity index (χ1v) is 10.2. The Morgan fingerprint density at radius 3 is 2.45 bits per heavy atom. The van der Waals surface area contributed by atoms with Gasteiger partial charge in [0.15, 0.2) is 0 Å². The molecule has 1 aliphatic rings. The van der Waals surface area contributed by atoms with Crippen molar-refractivity contribution in [3.05, 3.63) is 70.5 Å². The minimum absolute atomic E-state index is 0.000327. The number of hydrogen-bond donors (Lipinski definition) is 0. The summed E-state index contributed by atoms with van der Waals surface area (Å²) in [5.41, 5.74) is 0.702. The molecule has 1 unspecified atom stereocenters. The van der Waals surface area contributed by atoms with Crippen LogP contribution < -0.4 is 5.56 Å². The molecule has 162 valence electrons. The number of benzene rings is 1. The van der Waals surface area contributed by atoms with Gasteiger partial charge in [0.25, 0.3) is 11.4 Å². The molecule has 0 spiro atoms. The van der Waals surface area contributed by atoms with Crippen LogP contribution in [0.3, 0.4) is 0 Å². The van der Waals surface area contributed by atoms with Crippen molar-refractivity contribution in [1.29, 1.82) is 0 Å². The Hall–Kier alpha value is -3.36. The van der Waals surface area contributed by atoms with Crippen LogP contribution in [0.25, 0.3) is 11.5 Å². The van der Waals surface area contributed by atoms with Gasteiger partial charge in [-0.1, -0.05) is 30.3 Å². The second-order valence-electron chi connectivity index (χ2n) is 7.50. The van der Waals surface area contributed by atoms with Crippen molar-refractivity contribution in [1.82, 2.24) is 19.7 Å². The van der Waals surface area contributed by atoms with Gasteiger partial charge in [-0.3, -0.25) is 9.59 Å². The first-order valence-electron chi connectivity index (χ1n) is 10.2. The van der Waals surface area contributed by atoms with Crippen molar-refractivity contribution in [3.63, 3.8) is 0 Å². The Morgan fingerprint density at radius 2 is 1.81 bits per heavy atom. The summed E-state index contributed by atoms with van der Waals surface area (Å²) in [5.74, 6) is -1.45. The highest BCUT2D eigenvalue weighted by molar-refractivity contribution is 5.83. The molecule has 2 aromatic heterocycles. The summed E-state index contributed by atoms with van der Waals surface area (Å²) in [7, 11) is 0. The van der Waals surface area contributed by atoms with Crippen LogP contribution in [-0.2, 0) is 11.3 Å². The number of carbonyl (C=O) groups is 1. The van der Waals surface area contributed by atoms with E-state index in [0.717, 1.165) is 37.9 Å². The molecule has 3 heterocycles. The number of halogens is 2. The van der Waals surface area contributed by atoms with Gasteiger partial charge in [0, 0.05) is 37.5 Å². The fourth-order valence-electron chi connectivity index (χ4n) is 3.77. The number of piperidine rings is 1. The van der Waals surface area contributed by atoms with Crippen molar-refractivity contribution < 1.29 is 18.0 Å². The molecule has 0 radical (unpaired) electrons. The molecular formula is C22H22F2N4O3. The van der Waals surface area contributed by atoms with Gasteiger partial charge in [0.1, 0.15) is 0 Å². The molecule has 1 saturated heterocycles. The fourth-order valence-corrected chi connectivity index (χ4v) is 3.77. The minimum atomic E-state index is -2.88. The lowest BCUT2D eigenvalue weighted by Crippen LogP contribution is -2.40. The zero-order chi connectivity index (χ0) is 21.8. The van der Waals surface area contributed by atoms with Crippen molar-refractivity contribution in [2.24, 2.45) is 0 Å². The van der Waals surface area contributed by atoms with Crippen molar-refractivity contribution >= 4 is 5.91 Å². The van der Waals surface area contributed by atoms with Crippen LogP contribution in [0.4, 0.5) is 8.78 Å². The number of hydrogen-bond acceptors (Lipinski definition) is 5. The molecule has 0 bridgehead atoms. The zero-order valence-electron chi connectivity index (χ0n) is 16.8. The van der Waals surface area contributed by atoms with E-state index >= 15 is 0 Å². The van der Waals surface area contributed by atoms with Gasteiger partial charge in [-0.15, -0.1) is 10.2 Å². The number of pyridine rings is 1. The maximum atomic E-state index is 13.3. The lowest BCUT2D eigenvalue weighted by Gasteiger charge is -2.31. The summed E-state index contributed by atoms with van der Waals surface area (Å²) in [6, 6.07) is 12.2. The molecule has 1 aliphatic heterocycles. The highest BCUT2D eigenvalue weighted by atomic mass is 19.3. The Labute approximate surface area is 177 Å². The molecule has 1 amide bonds.